The monoisotopic (exact) mass is 243 g/mol. The molecule has 1 aromatic rings. The molecule has 2 nitrogen and oxygen atoms in total. The Kier molecular flexibility index (Phi) is 5.35. The number of hydrogen-bond acceptors (Lipinski definition) is 2. The van der Waals surface area contributed by atoms with Gasteiger partial charge in [0.2, 0.25) is 0 Å². The van der Waals surface area contributed by atoms with Crippen LogP contribution in [0.1, 0.15) is 44.2 Å². The van der Waals surface area contributed by atoms with E-state index >= 15 is 0 Å². The Balaban J connectivity index is 2.82. The molecule has 0 saturated carbocycles. The van der Waals surface area contributed by atoms with Crippen LogP contribution in [0.4, 0.5) is 8.78 Å². The predicted molar refractivity (Wildman–Crippen MR) is 64.0 cm³/mol. The third kappa shape index (κ3) is 3.66. The topological polar surface area (TPSA) is 35.2 Å². The van der Waals surface area contributed by atoms with Crippen LogP contribution in [0.2, 0.25) is 0 Å². The van der Waals surface area contributed by atoms with Gasteiger partial charge in [-0.2, -0.15) is 0 Å². The molecule has 1 aromatic carbocycles. The molecule has 2 N–H and O–H groups in total. The van der Waals surface area contributed by atoms with Gasteiger partial charge < -0.3 is 10.5 Å². The smallest absolute Gasteiger partial charge is 0.134 e. The Morgan fingerprint density at radius 1 is 1.24 bits per heavy atom. The Hall–Kier alpha value is -1.16. The van der Waals surface area contributed by atoms with Gasteiger partial charge in [0, 0.05) is 23.7 Å². The zero-order valence-corrected chi connectivity index (χ0v) is 10.3. The minimum atomic E-state index is -0.633. The van der Waals surface area contributed by atoms with Gasteiger partial charge in [-0.15, -0.1) is 0 Å². The van der Waals surface area contributed by atoms with E-state index in [0.29, 0.717) is 6.42 Å². The maximum absolute atomic E-state index is 13.7. The second-order valence-corrected chi connectivity index (χ2v) is 4.11. The average Bonchev–Trinajstić information content (AvgIpc) is 2.28. The first-order valence-corrected chi connectivity index (χ1v) is 5.88. The first-order chi connectivity index (χ1) is 8.10. The molecule has 0 aliphatic heterocycles. The predicted octanol–water partition coefficient (Wildman–Crippen LogP) is 3.55. The van der Waals surface area contributed by atoms with Gasteiger partial charge >= 0.3 is 0 Å². The van der Waals surface area contributed by atoms with Crippen LogP contribution in [-0.4, -0.2) is 7.11 Å². The summed E-state index contributed by atoms with van der Waals surface area (Å²) in [6.45, 7) is 2.07. The van der Waals surface area contributed by atoms with Gasteiger partial charge in [0.1, 0.15) is 17.4 Å². The van der Waals surface area contributed by atoms with Crippen LogP contribution >= 0.6 is 0 Å². The molecular formula is C13H19F2NO. The number of unbranched alkanes of at least 4 members (excludes halogenated alkanes) is 2. The lowest BCUT2D eigenvalue weighted by molar-refractivity contribution is 0.402. The van der Waals surface area contributed by atoms with Crippen molar-refractivity contribution in [1.82, 2.24) is 0 Å². The van der Waals surface area contributed by atoms with E-state index in [1.807, 2.05) is 0 Å². The van der Waals surface area contributed by atoms with E-state index in [0.717, 1.165) is 31.4 Å². The zero-order valence-electron chi connectivity index (χ0n) is 10.3. The van der Waals surface area contributed by atoms with Crippen LogP contribution in [0, 0.1) is 11.6 Å². The van der Waals surface area contributed by atoms with Crippen LogP contribution in [0.25, 0.3) is 0 Å². The van der Waals surface area contributed by atoms with Gasteiger partial charge in [0.25, 0.3) is 0 Å². The van der Waals surface area contributed by atoms with Gasteiger partial charge in [-0.3, -0.25) is 0 Å². The minimum absolute atomic E-state index is 0.0399. The van der Waals surface area contributed by atoms with Gasteiger partial charge in [-0.05, 0) is 6.42 Å². The highest BCUT2D eigenvalue weighted by Gasteiger charge is 2.17. The average molecular weight is 243 g/mol. The normalized spacial score (nSPS) is 12.5. The standard InChI is InChI=1S/C13H19F2NO/c1-3-4-5-6-12(16)13-10(14)7-9(17-2)8-11(13)15/h7-8,12H,3-6,16H2,1-2H3/t12-/m0/s1. The quantitative estimate of drug-likeness (QED) is 0.775. The lowest BCUT2D eigenvalue weighted by Crippen LogP contribution is -2.14. The van der Waals surface area contributed by atoms with Crippen LogP contribution in [0.3, 0.4) is 0 Å². The zero-order chi connectivity index (χ0) is 12.8. The number of nitrogens with two attached hydrogens (primary N) is 1. The Morgan fingerprint density at radius 2 is 1.82 bits per heavy atom. The van der Waals surface area contributed by atoms with Crippen LogP contribution < -0.4 is 10.5 Å². The number of methoxy groups -OCH3 is 1. The largest absolute Gasteiger partial charge is 0.497 e. The molecule has 0 radical (unpaired) electrons. The molecule has 0 unspecified atom stereocenters. The van der Waals surface area contributed by atoms with Gasteiger partial charge in [0.15, 0.2) is 0 Å². The fourth-order valence-corrected chi connectivity index (χ4v) is 1.79. The van der Waals surface area contributed by atoms with Crippen molar-refractivity contribution in [1.29, 1.82) is 0 Å². The maximum atomic E-state index is 13.7. The molecule has 0 heterocycles. The fourth-order valence-electron chi connectivity index (χ4n) is 1.79. The molecule has 96 valence electrons. The fraction of sp³-hybridized carbons (Fsp3) is 0.538. The van der Waals surface area contributed by atoms with Crippen LogP contribution in [0.15, 0.2) is 12.1 Å². The number of halogens is 2. The Bertz CT molecular complexity index is 345. The third-order valence-electron chi connectivity index (χ3n) is 2.78. The molecule has 17 heavy (non-hydrogen) atoms. The van der Waals surface area contributed by atoms with E-state index in [1.165, 1.54) is 7.11 Å². The van der Waals surface area contributed by atoms with Gasteiger partial charge in [0.05, 0.1) is 7.11 Å². The first-order valence-electron chi connectivity index (χ1n) is 5.88. The summed E-state index contributed by atoms with van der Waals surface area (Å²) >= 11 is 0. The Labute approximate surface area is 101 Å². The summed E-state index contributed by atoms with van der Waals surface area (Å²) in [6, 6.07) is 1.74. The van der Waals surface area contributed by atoms with Gasteiger partial charge in [-0.25, -0.2) is 8.78 Å². The molecule has 1 atom stereocenters. The van der Waals surface area contributed by atoms with Crippen molar-refractivity contribution in [3.8, 4) is 5.75 Å². The summed E-state index contributed by atoms with van der Waals surface area (Å²) in [5, 5.41) is 0. The summed E-state index contributed by atoms with van der Waals surface area (Å²) in [5.41, 5.74) is 5.77. The van der Waals surface area contributed by atoms with Crippen molar-refractivity contribution in [2.45, 2.75) is 38.6 Å². The molecule has 0 aromatic heterocycles. The minimum Gasteiger partial charge on any atom is -0.497 e. The van der Waals surface area contributed by atoms with Crippen molar-refractivity contribution in [3.05, 3.63) is 29.3 Å². The second-order valence-electron chi connectivity index (χ2n) is 4.11. The van der Waals surface area contributed by atoms with Crippen molar-refractivity contribution < 1.29 is 13.5 Å². The number of hydrogen-bond donors (Lipinski definition) is 1. The van der Waals surface area contributed by atoms with E-state index in [9.17, 15) is 8.78 Å². The highest BCUT2D eigenvalue weighted by atomic mass is 19.1. The lowest BCUT2D eigenvalue weighted by atomic mass is 10.00. The molecule has 0 spiro atoms. The summed E-state index contributed by atoms with van der Waals surface area (Å²) in [4.78, 5) is 0. The molecule has 4 heteroatoms. The lowest BCUT2D eigenvalue weighted by Gasteiger charge is -2.14. The van der Waals surface area contributed by atoms with Crippen LogP contribution in [0.5, 0.6) is 5.75 Å². The Morgan fingerprint density at radius 3 is 2.29 bits per heavy atom. The van der Waals surface area contributed by atoms with Gasteiger partial charge in [-0.1, -0.05) is 26.2 Å². The summed E-state index contributed by atoms with van der Waals surface area (Å²) in [6.07, 6.45) is 3.55. The third-order valence-corrected chi connectivity index (χ3v) is 2.78. The SMILES string of the molecule is CCCCC[C@H](N)c1c(F)cc(OC)cc1F. The second kappa shape index (κ2) is 6.55. The maximum Gasteiger partial charge on any atom is 0.134 e. The summed E-state index contributed by atoms with van der Waals surface area (Å²) < 4.78 is 32.1. The van der Waals surface area contributed by atoms with E-state index < -0.39 is 17.7 Å². The van der Waals surface area contributed by atoms with Crippen molar-refractivity contribution in [2.75, 3.05) is 7.11 Å². The molecule has 0 fully saturated rings. The van der Waals surface area contributed by atoms with Crippen molar-refractivity contribution in [3.63, 3.8) is 0 Å². The highest BCUT2D eigenvalue weighted by Crippen LogP contribution is 2.27. The highest BCUT2D eigenvalue weighted by molar-refractivity contribution is 5.32. The first kappa shape index (κ1) is 13.9. The molecule has 0 bridgehead atoms. The summed E-state index contributed by atoms with van der Waals surface area (Å²) in [5.74, 6) is -1.10. The number of ether oxygens (including phenoxy) is 1. The summed E-state index contributed by atoms with van der Waals surface area (Å²) in [7, 11) is 1.37. The molecule has 1 rings (SSSR count). The molecule has 0 aliphatic carbocycles. The molecule has 0 amide bonds. The van der Waals surface area contributed by atoms with E-state index in [2.05, 4.69) is 6.92 Å². The van der Waals surface area contributed by atoms with Crippen molar-refractivity contribution >= 4 is 0 Å². The molecular weight excluding hydrogens is 224 g/mol. The van der Waals surface area contributed by atoms with Crippen molar-refractivity contribution in [2.24, 2.45) is 5.73 Å². The number of rotatable bonds is 6. The van der Waals surface area contributed by atoms with E-state index in [4.69, 9.17) is 10.5 Å². The molecule has 0 aliphatic rings. The number of benzene rings is 1. The molecule has 0 saturated heterocycles. The van der Waals surface area contributed by atoms with E-state index in [-0.39, 0.29) is 11.3 Å². The van der Waals surface area contributed by atoms with E-state index in [1.54, 1.807) is 0 Å². The van der Waals surface area contributed by atoms with Crippen LogP contribution in [-0.2, 0) is 0 Å².